The first kappa shape index (κ1) is 15.5. The van der Waals surface area contributed by atoms with Gasteiger partial charge < -0.3 is 10.5 Å². The molecule has 1 aromatic rings. The molecule has 2 rings (SSSR count). The number of nitrogens with zero attached hydrogens (tertiary/aromatic N) is 1. The Labute approximate surface area is 123 Å². The molecule has 0 saturated carbocycles. The van der Waals surface area contributed by atoms with Gasteiger partial charge in [0.1, 0.15) is 0 Å². The molecule has 1 unspecified atom stereocenters. The first-order valence-corrected chi connectivity index (χ1v) is 7.73. The quantitative estimate of drug-likeness (QED) is 0.898. The van der Waals surface area contributed by atoms with Gasteiger partial charge in [-0.15, -0.1) is 0 Å². The third kappa shape index (κ3) is 3.40. The molecule has 1 aliphatic rings. The van der Waals surface area contributed by atoms with Crippen molar-refractivity contribution in [1.29, 1.82) is 0 Å². The summed E-state index contributed by atoms with van der Waals surface area (Å²) in [5.74, 6) is 0. The molecule has 2 N–H and O–H groups in total. The fraction of sp³-hybridized carbons (Fsp3) is 0.647. The number of aryl methyl sites for hydroxylation is 1. The number of nitrogens with two attached hydrogens (primary N) is 1. The molecule has 3 heteroatoms. The summed E-state index contributed by atoms with van der Waals surface area (Å²) >= 11 is 0. The van der Waals surface area contributed by atoms with Crippen LogP contribution in [0.3, 0.4) is 0 Å². The molecule has 0 aliphatic carbocycles. The van der Waals surface area contributed by atoms with E-state index in [1.165, 1.54) is 17.5 Å². The van der Waals surface area contributed by atoms with E-state index < -0.39 is 0 Å². The summed E-state index contributed by atoms with van der Waals surface area (Å²) in [6, 6.07) is 8.84. The molecule has 20 heavy (non-hydrogen) atoms. The summed E-state index contributed by atoms with van der Waals surface area (Å²) in [4.78, 5) is 2.45. The third-order valence-corrected chi connectivity index (χ3v) is 4.46. The summed E-state index contributed by atoms with van der Waals surface area (Å²) in [6.07, 6.45) is 2.33. The number of hydrogen-bond donors (Lipinski definition) is 1. The highest BCUT2D eigenvalue weighted by molar-refractivity contribution is 5.27. The molecule has 1 saturated heterocycles. The molecular formula is C17H28N2O. The molecule has 0 bridgehead atoms. The SMILES string of the molecule is CCCc1ccc(C(N)C(C)(C)N2CCOCC2)cc1. The highest BCUT2D eigenvalue weighted by Gasteiger charge is 2.34. The zero-order chi connectivity index (χ0) is 14.6. The molecule has 0 aromatic heterocycles. The Morgan fingerprint density at radius 2 is 1.80 bits per heavy atom. The van der Waals surface area contributed by atoms with Crippen LogP contribution in [0.4, 0.5) is 0 Å². The van der Waals surface area contributed by atoms with Gasteiger partial charge in [0, 0.05) is 24.7 Å². The van der Waals surface area contributed by atoms with Crippen molar-refractivity contribution < 1.29 is 4.74 Å². The van der Waals surface area contributed by atoms with E-state index in [0.717, 1.165) is 32.7 Å². The number of rotatable bonds is 5. The zero-order valence-corrected chi connectivity index (χ0v) is 13.1. The van der Waals surface area contributed by atoms with Crippen LogP contribution in [0.2, 0.25) is 0 Å². The summed E-state index contributed by atoms with van der Waals surface area (Å²) in [7, 11) is 0. The Morgan fingerprint density at radius 3 is 2.35 bits per heavy atom. The van der Waals surface area contributed by atoms with Crippen molar-refractivity contribution in [3.63, 3.8) is 0 Å². The van der Waals surface area contributed by atoms with Gasteiger partial charge in [-0.25, -0.2) is 0 Å². The Balaban J connectivity index is 2.09. The van der Waals surface area contributed by atoms with Gasteiger partial charge in [-0.3, -0.25) is 4.90 Å². The lowest BCUT2D eigenvalue weighted by Crippen LogP contribution is -2.55. The van der Waals surface area contributed by atoms with Gasteiger partial charge in [-0.1, -0.05) is 37.6 Å². The van der Waals surface area contributed by atoms with Crippen molar-refractivity contribution in [3.05, 3.63) is 35.4 Å². The second-order valence-corrected chi connectivity index (χ2v) is 6.22. The van der Waals surface area contributed by atoms with Crippen molar-refractivity contribution >= 4 is 0 Å². The van der Waals surface area contributed by atoms with Gasteiger partial charge in [0.05, 0.1) is 13.2 Å². The topological polar surface area (TPSA) is 38.5 Å². The van der Waals surface area contributed by atoms with Crippen molar-refractivity contribution in [2.75, 3.05) is 26.3 Å². The summed E-state index contributed by atoms with van der Waals surface area (Å²) in [6.45, 7) is 10.2. The first-order chi connectivity index (χ1) is 9.55. The summed E-state index contributed by atoms with van der Waals surface area (Å²) in [5, 5.41) is 0. The van der Waals surface area contributed by atoms with E-state index in [0.29, 0.717) is 0 Å². The minimum absolute atomic E-state index is 0.0243. The molecule has 112 valence electrons. The molecule has 0 amide bonds. The van der Waals surface area contributed by atoms with Crippen molar-refractivity contribution in [2.24, 2.45) is 5.73 Å². The van der Waals surface area contributed by atoms with Crippen LogP contribution >= 0.6 is 0 Å². The van der Waals surface area contributed by atoms with Crippen LogP contribution in [-0.2, 0) is 11.2 Å². The van der Waals surface area contributed by atoms with Crippen molar-refractivity contribution in [1.82, 2.24) is 4.90 Å². The fourth-order valence-corrected chi connectivity index (χ4v) is 2.92. The van der Waals surface area contributed by atoms with Crippen LogP contribution in [-0.4, -0.2) is 36.7 Å². The Hall–Kier alpha value is -0.900. The molecule has 0 spiro atoms. The van der Waals surface area contributed by atoms with E-state index in [4.69, 9.17) is 10.5 Å². The molecule has 1 atom stereocenters. The summed E-state index contributed by atoms with van der Waals surface area (Å²) in [5.41, 5.74) is 9.12. The van der Waals surface area contributed by atoms with E-state index in [9.17, 15) is 0 Å². The van der Waals surface area contributed by atoms with Gasteiger partial charge in [-0.2, -0.15) is 0 Å². The van der Waals surface area contributed by atoms with Crippen molar-refractivity contribution in [2.45, 2.75) is 45.2 Å². The predicted octanol–water partition coefficient (Wildman–Crippen LogP) is 2.75. The van der Waals surface area contributed by atoms with Gasteiger partial charge in [0.2, 0.25) is 0 Å². The van der Waals surface area contributed by atoms with E-state index >= 15 is 0 Å². The maximum absolute atomic E-state index is 6.55. The molecule has 1 heterocycles. The largest absolute Gasteiger partial charge is 0.379 e. The van der Waals surface area contributed by atoms with Crippen molar-refractivity contribution in [3.8, 4) is 0 Å². The highest BCUT2D eigenvalue weighted by atomic mass is 16.5. The van der Waals surface area contributed by atoms with Gasteiger partial charge >= 0.3 is 0 Å². The lowest BCUT2D eigenvalue weighted by atomic mass is 9.87. The van der Waals surface area contributed by atoms with Crippen LogP contribution < -0.4 is 5.73 Å². The Morgan fingerprint density at radius 1 is 1.20 bits per heavy atom. The van der Waals surface area contributed by atoms with Crippen LogP contribution in [0.5, 0.6) is 0 Å². The van der Waals surface area contributed by atoms with Gasteiger partial charge in [0.15, 0.2) is 0 Å². The average Bonchev–Trinajstić information content (AvgIpc) is 2.48. The number of ether oxygens (including phenoxy) is 1. The van der Waals surface area contributed by atoms with Crippen LogP contribution in [0.15, 0.2) is 24.3 Å². The second kappa shape index (κ2) is 6.70. The van der Waals surface area contributed by atoms with E-state index in [1.54, 1.807) is 0 Å². The van der Waals surface area contributed by atoms with Crippen LogP contribution in [0.25, 0.3) is 0 Å². The smallest absolute Gasteiger partial charge is 0.0594 e. The summed E-state index contributed by atoms with van der Waals surface area (Å²) < 4.78 is 5.44. The molecular weight excluding hydrogens is 248 g/mol. The lowest BCUT2D eigenvalue weighted by Gasteiger charge is -2.44. The predicted molar refractivity (Wildman–Crippen MR) is 83.8 cm³/mol. The molecule has 3 nitrogen and oxygen atoms in total. The maximum Gasteiger partial charge on any atom is 0.0594 e. The number of hydrogen-bond acceptors (Lipinski definition) is 3. The number of morpholine rings is 1. The standard InChI is InChI=1S/C17H28N2O/c1-4-5-14-6-8-15(9-7-14)16(18)17(2,3)19-10-12-20-13-11-19/h6-9,16H,4-5,10-13,18H2,1-3H3. The molecule has 1 aromatic carbocycles. The van der Waals surface area contributed by atoms with Crippen LogP contribution in [0.1, 0.15) is 44.4 Å². The fourth-order valence-electron chi connectivity index (χ4n) is 2.92. The maximum atomic E-state index is 6.55. The zero-order valence-electron chi connectivity index (χ0n) is 13.1. The lowest BCUT2D eigenvalue weighted by molar-refractivity contribution is -0.0190. The minimum Gasteiger partial charge on any atom is -0.379 e. The van der Waals surface area contributed by atoms with E-state index in [2.05, 4.69) is 49.9 Å². The monoisotopic (exact) mass is 276 g/mol. The molecule has 1 fully saturated rings. The van der Waals surface area contributed by atoms with E-state index in [-0.39, 0.29) is 11.6 Å². The molecule has 1 aliphatic heterocycles. The average molecular weight is 276 g/mol. The number of benzene rings is 1. The normalized spacial score (nSPS) is 19.0. The minimum atomic E-state index is -0.0456. The Bertz CT molecular complexity index is 408. The Kier molecular flexibility index (Phi) is 5.19. The van der Waals surface area contributed by atoms with Crippen LogP contribution in [0, 0.1) is 0 Å². The third-order valence-electron chi connectivity index (χ3n) is 4.46. The van der Waals surface area contributed by atoms with Gasteiger partial charge in [0.25, 0.3) is 0 Å². The highest BCUT2D eigenvalue weighted by Crippen LogP contribution is 2.30. The van der Waals surface area contributed by atoms with E-state index in [1.807, 2.05) is 0 Å². The van der Waals surface area contributed by atoms with Gasteiger partial charge in [-0.05, 0) is 31.4 Å². The molecule has 0 radical (unpaired) electrons. The second-order valence-electron chi connectivity index (χ2n) is 6.22. The first-order valence-electron chi connectivity index (χ1n) is 7.73.